The number of aromatic nitrogens is 2. The van der Waals surface area contributed by atoms with E-state index in [4.69, 9.17) is 23.2 Å². The van der Waals surface area contributed by atoms with Crippen molar-refractivity contribution in [1.82, 2.24) is 19.8 Å². The lowest BCUT2D eigenvalue weighted by Gasteiger charge is -2.34. The van der Waals surface area contributed by atoms with E-state index in [1.807, 2.05) is 16.7 Å². The van der Waals surface area contributed by atoms with E-state index in [9.17, 15) is 18.0 Å². The van der Waals surface area contributed by atoms with E-state index in [0.29, 0.717) is 22.8 Å². The van der Waals surface area contributed by atoms with Crippen molar-refractivity contribution in [1.29, 1.82) is 5.26 Å². The van der Waals surface area contributed by atoms with E-state index in [1.165, 1.54) is 12.1 Å². The van der Waals surface area contributed by atoms with Crippen LogP contribution in [0.15, 0.2) is 73.7 Å². The van der Waals surface area contributed by atoms with Crippen LogP contribution in [0.4, 0.5) is 13.2 Å². The van der Waals surface area contributed by atoms with Crippen LogP contribution < -0.4 is 11.1 Å². The van der Waals surface area contributed by atoms with E-state index < -0.39 is 17.3 Å². The van der Waals surface area contributed by atoms with Crippen LogP contribution in [0.1, 0.15) is 41.3 Å². The van der Waals surface area contributed by atoms with Gasteiger partial charge in [-0.05, 0) is 36.2 Å². The molecule has 1 amide bonds. The lowest BCUT2D eigenvalue weighted by atomic mass is 9.96. The fourth-order valence-electron chi connectivity index (χ4n) is 4.23. The first-order valence-corrected chi connectivity index (χ1v) is 12.9. The van der Waals surface area contributed by atoms with Gasteiger partial charge in [0.2, 0.25) is 5.91 Å². The summed E-state index contributed by atoms with van der Waals surface area (Å²) in [6, 6.07) is 14.6. The zero-order valence-corrected chi connectivity index (χ0v) is 22.9. The number of hydrogen-bond donors (Lipinski definition) is 2. The summed E-state index contributed by atoms with van der Waals surface area (Å²) in [6.45, 7) is 6.16. The summed E-state index contributed by atoms with van der Waals surface area (Å²) in [6.07, 6.45) is 0.493. The molecule has 7 nitrogen and oxygen atoms in total. The largest absolute Gasteiger partial charge is 0.416 e. The number of benzene rings is 2. The molecule has 0 bridgehead atoms. The maximum Gasteiger partial charge on any atom is 0.416 e. The number of carbonyl (C=O) groups excluding carboxylic acids is 1. The number of carbonyl (C=O) groups is 1. The van der Waals surface area contributed by atoms with Gasteiger partial charge in [-0.15, -0.1) is 6.58 Å². The number of hydrogen-bond acceptors (Lipinski definition) is 5. The summed E-state index contributed by atoms with van der Waals surface area (Å²) in [7, 11) is 0. The molecule has 210 valence electrons. The second-order valence-electron chi connectivity index (χ2n) is 9.71. The Kier molecular flexibility index (Phi) is 10.2. The Morgan fingerprint density at radius 1 is 1.25 bits per heavy atom. The number of nitrogens with zero attached hydrogens (tertiary/aromatic N) is 4. The number of rotatable bonds is 12. The van der Waals surface area contributed by atoms with E-state index in [1.54, 1.807) is 48.6 Å². The molecule has 1 aromatic heterocycles. The summed E-state index contributed by atoms with van der Waals surface area (Å²) in [5, 5.41) is 11.9. The van der Waals surface area contributed by atoms with Crippen molar-refractivity contribution in [2.45, 2.75) is 44.6 Å². The highest BCUT2D eigenvalue weighted by atomic mass is 32.1. The van der Waals surface area contributed by atoms with Gasteiger partial charge in [0.1, 0.15) is 0 Å². The molecule has 0 saturated carbocycles. The van der Waals surface area contributed by atoms with Gasteiger partial charge in [-0.2, -0.15) is 18.4 Å². The molecule has 3 rings (SSSR count). The number of thiocarbonyl (C=S) groups is 1. The zero-order chi connectivity index (χ0) is 29.3. The first kappa shape index (κ1) is 30.5. The monoisotopic (exact) mass is 568 g/mol. The number of nitrogens with one attached hydrogen (secondary N) is 1. The second-order valence-corrected chi connectivity index (χ2v) is 10.2. The molecule has 3 aromatic rings. The Morgan fingerprint density at radius 3 is 2.58 bits per heavy atom. The average molecular weight is 569 g/mol. The van der Waals surface area contributed by atoms with Crippen molar-refractivity contribution in [3.8, 4) is 6.07 Å². The molecule has 1 atom stereocenters. The Bertz CT molecular complexity index is 1380. The van der Waals surface area contributed by atoms with Crippen molar-refractivity contribution in [2.75, 3.05) is 13.1 Å². The molecule has 2 aromatic carbocycles. The van der Waals surface area contributed by atoms with Crippen LogP contribution in [0.25, 0.3) is 0 Å². The zero-order valence-electron chi connectivity index (χ0n) is 22.1. The first-order valence-electron chi connectivity index (χ1n) is 12.5. The van der Waals surface area contributed by atoms with Gasteiger partial charge >= 0.3 is 6.18 Å². The number of nitriles is 1. The molecule has 3 N–H and O–H groups in total. The van der Waals surface area contributed by atoms with Crippen molar-refractivity contribution in [3.05, 3.63) is 102 Å². The number of alkyl halides is 3. The van der Waals surface area contributed by atoms with E-state index >= 15 is 0 Å². The topological polar surface area (TPSA) is 100.0 Å². The molecule has 0 fully saturated rings. The predicted molar refractivity (Wildman–Crippen MR) is 151 cm³/mol. The smallest absolute Gasteiger partial charge is 0.358 e. The van der Waals surface area contributed by atoms with Crippen LogP contribution in [0, 0.1) is 11.3 Å². The molecular formula is C29H31F3N6OS. The van der Waals surface area contributed by atoms with Crippen molar-refractivity contribution in [3.63, 3.8) is 0 Å². The predicted octanol–water partition coefficient (Wildman–Crippen LogP) is 4.60. The van der Waals surface area contributed by atoms with Gasteiger partial charge in [0.25, 0.3) is 0 Å². The van der Waals surface area contributed by atoms with Gasteiger partial charge in [0, 0.05) is 44.5 Å². The third-order valence-corrected chi connectivity index (χ3v) is 6.80. The van der Waals surface area contributed by atoms with Crippen molar-refractivity contribution < 1.29 is 18.0 Å². The highest BCUT2D eigenvalue weighted by Crippen LogP contribution is 2.32. The van der Waals surface area contributed by atoms with E-state index in [-0.39, 0.29) is 43.9 Å². The van der Waals surface area contributed by atoms with E-state index in [0.717, 1.165) is 11.6 Å². The van der Waals surface area contributed by atoms with Crippen LogP contribution in [-0.2, 0) is 30.5 Å². The van der Waals surface area contributed by atoms with Gasteiger partial charge in [-0.25, -0.2) is 4.98 Å². The summed E-state index contributed by atoms with van der Waals surface area (Å²) in [5.74, 6) is -0.296. The normalized spacial score (nSPS) is 12.7. The number of amides is 1. The number of imidazole rings is 1. The van der Waals surface area contributed by atoms with Crippen LogP contribution in [0.5, 0.6) is 0 Å². The maximum atomic E-state index is 13.5. The van der Waals surface area contributed by atoms with Gasteiger partial charge in [-0.1, -0.05) is 48.6 Å². The lowest BCUT2D eigenvalue weighted by Crippen LogP contribution is -2.54. The Balaban J connectivity index is 1.68. The van der Waals surface area contributed by atoms with Crippen LogP contribution in [0.2, 0.25) is 0 Å². The minimum atomic E-state index is -4.50. The highest BCUT2D eigenvalue weighted by Gasteiger charge is 2.34. The molecule has 0 aliphatic heterocycles. The summed E-state index contributed by atoms with van der Waals surface area (Å²) < 4.78 is 42.5. The fourth-order valence-corrected chi connectivity index (χ4v) is 4.69. The van der Waals surface area contributed by atoms with Gasteiger partial charge < -0.3 is 20.5 Å². The third kappa shape index (κ3) is 8.24. The summed E-state index contributed by atoms with van der Waals surface area (Å²) >= 11 is 5.63. The molecule has 1 heterocycles. The molecule has 0 aliphatic rings. The van der Waals surface area contributed by atoms with Crippen LogP contribution in [0.3, 0.4) is 0 Å². The van der Waals surface area contributed by atoms with Crippen molar-refractivity contribution >= 4 is 23.1 Å². The summed E-state index contributed by atoms with van der Waals surface area (Å²) in [5.41, 5.74) is 6.66. The van der Waals surface area contributed by atoms with Crippen LogP contribution in [-0.4, -0.2) is 44.0 Å². The minimum absolute atomic E-state index is 0.0357. The standard InChI is InChI=1S/C29H31F3N6OS/c1-3-12-37(18-23-6-4-5-7-25(23)29(30,31)32)27(40)14-28(2,19-34)36-26(39)13-24-16-35-20-38(24)17-22-10-8-21(15-33)9-11-22/h3-11,16,20H,1,12-14,17-19,34H2,2H3,(H,36,39). The fraction of sp³-hybridized carbons (Fsp3) is 0.310. The molecule has 0 radical (unpaired) electrons. The molecule has 0 spiro atoms. The Morgan fingerprint density at radius 2 is 1.95 bits per heavy atom. The lowest BCUT2D eigenvalue weighted by molar-refractivity contribution is -0.138. The molecular weight excluding hydrogens is 537 g/mol. The van der Waals surface area contributed by atoms with Gasteiger partial charge in [0.15, 0.2) is 0 Å². The molecule has 0 aliphatic carbocycles. The molecule has 0 saturated heterocycles. The Hall–Kier alpha value is -4.01. The third-order valence-electron chi connectivity index (χ3n) is 6.40. The molecule has 11 heteroatoms. The van der Waals surface area contributed by atoms with Crippen molar-refractivity contribution in [2.24, 2.45) is 5.73 Å². The van der Waals surface area contributed by atoms with E-state index in [2.05, 4.69) is 22.9 Å². The highest BCUT2D eigenvalue weighted by molar-refractivity contribution is 7.80. The van der Waals surface area contributed by atoms with Gasteiger partial charge in [-0.3, -0.25) is 4.79 Å². The number of nitrogens with two attached hydrogens (primary N) is 1. The number of halogens is 3. The molecule has 40 heavy (non-hydrogen) atoms. The van der Waals surface area contributed by atoms with Gasteiger partial charge in [0.05, 0.1) is 40.5 Å². The quantitative estimate of drug-likeness (QED) is 0.245. The first-order chi connectivity index (χ1) is 19.0. The SMILES string of the molecule is C=CCN(Cc1ccccc1C(F)(F)F)C(=S)CC(C)(CN)NC(=O)Cc1cncn1Cc1ccc(C#N)cc1. The average Bonchev–Trinajstić information content (AvgIpc) is 3.34. The van der Waals surface area contributed by atoms with Crippen LogP contribution >= 0.6 is 12.2 Å². The molecule has 1 unspecified atom stereocenters. The Labute approximate surface area is 237 Å². The minimum Gasteiger partial charge on any atom is -0.358 e. The second kappa shape index (κ2) is 13.4. The maximum absolute atomic E-state index is 13.5. The summed E-state index contributed by atoms with van der Waals surface area (Å²) in [4.78, 5) is 19.2.